The normalized spacial score (nSPS) is 14.5. The SMILES string of the molecule is Cc1ccc(NC(=O)C2CCN(c3c(C#N)cnc4ccc(F)cc34)CC2)cc1C. The second-order valence-corrected chi connectivity index (χ2v) is 7.84. The van der Waals surface area contributed by atoms with Gasteiger partial charge in [-0.1, -0.05) is 6.07 Å². The molecule has 1 aliphatic heterocycles. The fourth-order valence-electron chi connectivity index (χ4n) is 4.00. The average Bonchev–Trinajstić information content (AvgIpc) is 2.75. The molecule has 0 unspecified atom stereocenters. The van der Waals surface area contributed by atoms with Crippen LogP contribution in [-0.4, -0.2) is 24.0 Å². The largest absolute Gasteiger partial charge is 0.370 e. The molecule has 1 saturated heterocycles. The number of rotatable bonds is 3. The van der Waals surface area contributed by atoms with Gasteiger partial charge in [0.15, 0.2) is 0 Å². The Hall–Kier alpha value is -3.46. The number of aromatic nitrogens is 1. The lowest BCUT2D eigenvalue weighted by Crippen LogP contribution is -2.38. The van der Waals surface area contributed by atoms with Crippen molar-refractivity contribution in [1.29, 1.82) is 5.26 Å². The number of hydrogen-bond donors (Lipinski definition) is 1. The molecule has 1 aliphatic rings. The summed E-state index contributed by atoms with van der Waals surface area (Å²) in [5.74, 6) is -0.439. The van der Waals surface area contributed by atoms with Crippen LogP contribution in [0.4, 0.5) is 15.8 Å². The van der Waals surface area contributed by atoms with Gasteiger partial charge in [0, 0.05) is 36.3 Å². The van der Waals surface area contributed by atoms with Gasteiger partial charge in [0.2, 0.25) is 5.91 Å². The van der Waals surface area contributed by atoms with Crippen LogP contribution < -0.4 is 10.2 Å². The molecule has 30 heavy (non-hydrogen) atoms. The maximum Gasteiger partial charge on any atom is 0.227 e. The van der Waals surface area contributed by atoms with E-state index in [0.29, 0.717) is 48.1 Å². The lowest BCUT2D eigenvalue weighted by Gasteiger charge is -2.34. The molecular weight excluding hydrogens is 379 g/mol. The highest BCUT2D eigenvalue weighted by Gasteiger charge is 2.27. The van der Waals surface area contributed by atoms with Crippen LogP contribution in [0.5, 0.6) is 0 Å². The minimum absolute atomic E-state index is 0.0176. The standard InChI is InChI=1S/C24H23FN4O/c1-15-3-5-20(11-16(15)2)28-24(30)17-7-9-29(10-8-17)23-18(13-26)14-27-22-6-4-19(25)12-21(22)23/h3-6,11-12,14,17H,7-10H2,1-2H3,(H,28,30). The Kier molecular flexibility index (Phi) is 5.37. The number of nitriles is 1. The van der Waals surface area contributed by atoms with E-state index in [-0.39, 0.29) is 17.6 Å². The molecule has 1 aromatic heterocycles. The molecule has 152 valence electrons. The van der Waals surface area contributed by atoms with Gasteiger partial charge >= 0.3 is 0 Å². The fraction of sp³-hybridized carbons (Fsp3) is 0.292. The summed E-state index contributed by atoms with van der Waals surface area (Å²) < 4.78 is 13.9. The Balaban J connectivity index is 1.51. The van der Waals surface area contributed by atoms with E-state index >= 15 is 0 Å². The lowest BCUT2D eigenvalue weighted by molar-refractivity contribution is -0.120. The van der Waals surface area contributed by atoms with Crippen LogP contribution in [0.3, 0.4) is 0 Å². The van der Waals surface area contributed by atoms with E-state index in [9.17, 15) is 14.4 Å². The first-order chi connectivity index (χ1) is 14.5. The summed E-state index contributed by atoms with van der Waals surface area (Å²) in [7, 11) is 0. The van der Waals surface area contributed by atoms with E-state index < -0.39 is 0 Å². The number of hydrogen-bond acceptors (Lipinski definition) is 4. The number of pyridine rings is 1. The minimum atomic E-state index is -0.358. The number of amides is 1. The van der Waals surface area contributed by atoms with Gasteiger partial charge in [0.1, 0.15) is 11.9 Å². The second-order valence-electron chi connectivity index (χ2n) is 7.84. The Labute approximate surface area is 175 Å². The average molecular weight is 402 g/mol. The number of fused-ring (bicyclic) bond motifs is 1. The van der Waals surface area contributed by atoms with E-state index in [4.69, 9.17) is 0 Å². The Morgan fingerprint density at radius 2 is 1.93 bits per heavy atom. The predicted octanol–water partition coefficient (Wildman–Crippen LogP) is 4.72. The van der Waals surface area contributed by atoms with Crippen LogP contribution in [0.1, 0.15) is 29.5 Å². The van der Waals surface area contributed by atoms with Crippen LogP contribution in [0.15, 0.2) is 42.6 Å². The molecule has 0 saturated carbocycles. The van der Waals surface area contributed by atoms with Crippen molar-refractivity contribution in [2.75, 3.05) is 23.3 Å². The number of carbonyl (C=O) groups excluding carboxylic acids is 1. The minimum Gasteiger partial charge on any atom is -0.370 e. The quantitative estimate of drug-likeness (QED) is 0.688. The number of piperidine rings is 1. The van der Waals surface area contributed by atoms with Crippen molar-refractivity contribution < 1.29 is 9.18 Å². The van der Waals surface area contributed by atoms with Crippen LogP contribution >= 0.6 is 0 Å². The molecule has 0 radical (unpaired) electrons. The van der Waals surface area contributed by atoms with Gasteiger partial charge in [-0.25, -0.2) is 4.39 Å². The second kappa shape index (κ2) is 8.11. The number of nitrogens with zero attached hydrogens (tertiary/aromatic N) is 3. The molecule has 5 nitrogen and oxygen atoms in total. The van der Waals surface area contributed by atoms with Crippen molar-refractivity contribution in [1.82, 2.24) is 4.98 Å². The molecule has 2 heterocycles. The lowest BCUT2D eigenvalue weighted by atomic mass is 9.94. The first-order valence-electron chi connectivity index (χ1n) is 10.1. The van der Waals surface area contributed by atoms with Gasteiger partial charge in [-0.3, -0.25) is 9.78 Å². The third-order valence-electron chi connectivity index (χ3n) is 5.88. The Bertz CT molecular complexity index is 1160. The first kappa shape index (κ1) is 19.8. The smallest absolute Gasteiger partial charge is 0.227 e. The highest BCUT2D eigenvalue weighted by atomic mass is 19.1. The molecule has 2 aromatic carbocycles. The van der Waals surface area contributed by atoms with Crippen molar-refractivity contribution in [3.8, 4) is 6.07 Å². The highest BCUT2D eigenvalue weighted by Crippen LogP contribution is 2.33. The predicted molar refractivity (Wildman–Crippen MR) is 116 cm³/mol. The maximum absolute atomic E-state index is 13.9. The van der Waals surface area contributed by atoms with Gasteiger partial charge in [0.05, 0.1) is 16.8 Å². The summed E-state index contributed by atoms with van der Waals surface area (Å²) in [6.07, 6.45) is 2.87. The van der Waals surface area contributed by atoms with E-state index in [1.165, 1.54) is 23.9 Å². The van der Waals surface area contributed by atoms with Crippen LogP contribution in [0.25, 0.3) is 10.9 Å². The summed E-state index contributed by atoms with van der Waals surface area (Å²) in [6, 6.07) is 12.5. The molecule has 0 spiro atoms. The zero-order valence-corrected chi connectivity index (χ0v) is 17.1. The molecule has 1 fully saturated rings. The molecule has 4 rings (SSSR count). The molecule has 0 bridgehead atoms. The summed E-state index contributed by atoms with van der Waals surface area (Å²) in [4.78, 5) is 19.1. The van der Waals surface area contributed by atoms with E-state index in [1.807, 2.05) is 32.0 Å². The van der Waals surface area contributed by atoms with E-state index in [0.717, 1.165) is 11.3 Å². The van der Waals surface area contributed by atoms with Crippen molar-refractivity contribution >= 4 is 28.2 Å². The molecular formula is C24H23FN4O. The summed E-state index contributed by atoms with van der Waals surface area (Å²) >= 11 is 0. The van der Waals surface area contributed by atoms with E-state index in [2.05, 4.69) is 21.3 Å². The monoisotopic (exact) mass is 402 g/mol. The van der Waals surface area contributed by atoms with Crippen molar-refractivity contribution in [2.45, 2.75) is 26.7 Å². The first-order valence-corrected chi connectivity index (χ1v) is 10.1. The van der Waals surface area contributed by atoms with Gasteiger partial charge < -0.3 is 10.2 Å². The number of anilines is 2. The van der Waals surface area contributed by atoms with Crippen LogP contribution in [0.2, 0.25) is 0 Å². The topological polar surface area (TPSA) is 69.0 Å². The molecule has 3 aromatic rings. The fourth-order valence-corrected chi connectivity index (χ4v) is 4.00. The molecule has 1 amide bonds. The number of halogens is 1. The summed E-state index contributed by atoms with van der Waals surface area (Å²) in [5.41, 5.74) is 4.92. The zero-order chi connectivity index (χ0) is 21.3. The highest BCUT2D eigenvalue weighted by molar-refractivity contribution is 5.95. The molecule has 0 atom stereocenters. The third kappa shape index (κ3) is 3.84. The van der Waals surface area contributed by atoms with Crippen molar-refractivity contribution in [3.63, 3.8) is 0 Å². The number of aryl methyl sites for hydroxylation is 2. The Morgan fingerprint density at radius 3 is 2.63 bits per heavy atom. The number of carbonyl (C=O) groups is 1. The maximum atomic E-state index is 13.9. The molecule has 0 aliphatic carbocycles. The van der Waals surface area contributed by atoms with Gasteiger partial charge in [-0.15, -0.1) is 0 Å². The third-order valence-corrected chi connectivity index (χ3v) is 5.88. The van der Waals surface area contributed by atoms with Gasteiger partial charge in [-0.05, 0) is 68.1 Å². The summed E-state index contributed by atoms with van der Waals surface area (Å²) in [6.45, 7) is 5.31. The number of benzene rings is 2. The van der Waals surface area contributed by atoms with Crippen molar-refractivity contribution in [3.05, 3.63) is 65.1 Å². The van der Waals surface area contributed by atoms with Crippen LogP contribution in [0, 0.1) is 36.9 Å². The van der Waals surface area contributed by atoms with Crippen molar-refractivity contribution in [2.24, 2.45) is 5.92 Å². The van der Waals surface area contributed by atoms with Crippen LogP contribution in [-0.2, 0) is 4.79 Å². The van der Waals surface area contributed by atoms with Gasteiger partial charge in [-0.2, -0.15) is 5.26 Å². The molecule has 6 heteroatoms. The van der Waals surface area contributed by atoms with Gasteiger partial charge in [0.25, 0.3) is 0 Å². The number of nitrogens with one attached hydrogen (secondary N) is 1. The Morgan fingerprint density at radius 1 is 1.17 bits per heavy atom. The summed E-state index contributed by atoms with van der Waals surface area (Å²) in [5, 5.41) is 13.2. The zero-order valence-electron chi connectivity index (χ0n) is 17.1. The molecule has 1 N–H and O–H groups in total. The van der Waals surface area contributed by atoms with E-state index in [1.54, 1.807) is 6.07 Å².